The van der Waals surface area contributed by atoms with E-state index in [9.17, 15) is 4.79 Å². The monoisotopic (exact) mass is 471 g/mol. The van der Waals surface area contributed by atoms with E-state index >= 15 is 0 Å². The molecule has 0 spiro atoms. The van der Waals surface area contributed by atoms with Gasteiger partial charge in [-0.3, -0.25) is 9.69 Å². The molecule has 1 atom stereocenters. The van der Waals surface area contributed by atoms with Gasteiger partial charge in [-0.25, -0.2) is 14.6 Å². The molecule has 180 valence electrons. The van der Waals surface area contributed by atoms with Crippen molar-refractivity contribution in [1.82, 2.24) is 29.5 Å². The number of rotatable bonds is 4. The number of morpholine rings is 1. The minimum absolute atomic E-state index is 0.00327. The fourth-order valence-electron chi connectivity index (χ4n) is 4.66. The van der Waals surface area contributed by atoms with Crippen molar-refractivity contribution in [2.75, 3.05) is 51.7 Å². The molecule has 5 rings (SSSR count). The van der Waals surface area contributed by atoms with Crippen LogP contribution in [-0.4, -0.2) is 81.4 Å². The zero-order valence-electron chi connectivity index (χ0n) is 19.7. The Morgan fingerprint density at radius 3 is 2.77 bits per heavy atom. The average Bonchev–Trinajstić information content (AvgIpc) is 3.30. The number of aromatic nitrogens is 4. The molecule has 2 N–H and O–H groups in total. The van der Waals surface area contributed by atoms with E-state index in [4.69, 9.17) is 15.6 Å². The number of benzene rings is 1. The predicted molar refractivity (Wildman–Crippen MR) is 134 cm³/mol. The first kappa shape index (κ1) is 23.0. The second-order valence-corrected chi connectivity index (χ2v) is 8.80. The molecule has 1 amide bonds. The molecule has 9 nitrogen and oxygen atoms in total. The summed E-state index contributed by atoms with van der Waals surface area (Å²) < 4.78 is 7.29. The highest BCUT2D eigenvalue weighted by atomic mass is 16.5. The van der Waals surface area contributed by atoms with Gasteiger partial charge in [0.1, 0.15) is 17.8 Å². The first-order valence-corrected chi connectivity index (χ1v) is 11.9. The Morgan fingerprint density at radius 2 is 2.00 bits per heavy atom. The number of ether oxygens (including phenoxy) is 1. The fourth-order valence-corrected chi connectivity index (χ4v) is 4.66. The number of nitrogens with two attached hydrogens (primary N) is 1. The highest BCUT2D eigenvalue weighted by Gasteiger charge is 2.28. The van der Waals surface area contributed by atoms with Crippen LogP contribution in [-0.2, 0) is 9.53 Å². The Hall–Kier alpha value is -3.74. The van der Waals surface area contributed by atoms with Crippen LogP contribution >= 0.6 is 0 Å². The number of hydrogen-bond donors (Lipinski definition) is 1. The summed E-state index contributed by atoms with van der Waals surface area (Å²) in [6.07, 6.45) is 4.61. The van der Waals surface area contributed by atoms with E-state index in [-0.39, 0.29) is 11.9 Å². The van der Waals surface area contributed by atoms with Crippen molar-refractivity contribution >= 4 is 22.8 Å². The third-order valence-corrected chi connectivity index (χ3v) is 6.54. The minimum atomic E-state index is -0.0640. The van der Waals surface area contributed by atoms with Crippen LogP contribution in [0.5, 0.6) is 0 Å². The number of nitrogens with zero attached hydrogens (tertiary/aromatic N) is 6. The van der Waals surface area contributed by atoms with Crippen LogP contribution in [0.3, 0.4) is 0 Å². The largest absolute Gasteiger partial charge is 0.383 e. The SMILES string of the molecule is C=CC(=O)N1CCC[C@@H](n2nc(-c3ccc(C#CCN4CCOCC4)cc3)c3c(N)ncnc32)C1. The second-order valence-electron chi connectivity index (χ2n) is 8.80. The maximum atomic E-state index is 12.2. The van der Waals surface area contributed by atoms with E-state index in [1.54, 1.807) is 0 Å². The molecule has 1 aromatic carbocycles. The van der Waals surface area contributed by atoms with Gasteiger partial charge in [-0.1, -0.05) is 30.6 Å². The van der Waals surface area contributed by atoms with Crippen LogP contribution in [0.4, 0.5) is 5.82 Å². The molecule has 4 heterocycles. The molecule has 0 aliphatic carbocycles. The maximum Gasteiger partial charge on any atom is 0.246 e. The van der Waals surface area contributed by atoms with E-state index in [1.165, 1.54) is 12.4 Å². The van der Waals surface area contributed by atoms with Crippen molar-refractivity contribution in [2.24, 2.45) is 0 Å². The fraction of sp³-hybridized carbons (Fsp3) is 0.385. The van der Waals surface area contributed by atoms with Crippen LogP contribution in [0.25, 0.3) is 22.3 Å². The Morgan fingerprint density at radius 1 is 1.20 bits per heavy atom. The minimum Gasteiger partial charge on any atom is -0.383 e. The van der Waals surface area contributed by atoms with Crippen LogP contribution in [0.1, 0.15) is 24.4 Å². The summed E-state index contributed by atoms with van der Waals surface area (Å²) in [5.41, 5.74) is 9.56. The lowest BCUT2D eigenvalue weighted by Gasteiger charge is -2.32. The summed E-state index contributed by atoms with van der Waals surface area (Å²) in [7, 11) is 0. The number of anilines is 1. The van der Waals surface area contributed by atoms with Crippen molar-refractivity contribution in [3.05, 3.63) is 48.8 Å². The van der Waals surface area contributed by atoms with Gasteiger partial charge in [0.2, 0.25) is 5.91 Å². The molecular weight excluding hydrogens is 442 g/mol. The number of amides is 1. The van der Waals surface area contributed by atoms with Crippen LogP contribution in [0.2, 0.25) is 0 Å². The quantitative estimate of drug-likeness (QED) is 0.459. The van der Waals surface area contributed by atoms with Gasteiger partial charge >= 0.3 is 0 Å². The molecule has 2 aromatic heterocycles. The Kier molecular flexibility index (Phi) is 6.75. The van der Waals surface area contributed by atoms with Crippen molar-refractivity contribution in [2.45, 2.75) is 18.9 Å². The van der Waals surface area contributed by atoms with Gasteiger partial charge in [0, 0.05) is 37.3 Å². The molecule has 2 fully saturated rings. The first-order chi connectivity index (χ1) is 17.1. The molecule has 9 heteroatoms. The Balaban J connectivity index is 1.42. The van der Waals surface area contributed by atoms with Gasteiger partial charge in [-0.15, -0.1) is 0 Å². The van der Waals surface area contributed by atoms with Gasteiger partial charge in [-0.05, 0) is 31.1 Å². The summed E-state index contributed by atoms with van der Waals surface area (Å²) >= 11 is 0. The van der Waals surface area contributed by atoms with Gasteiger partial charge in [0.15, 0.2) is 5.65 Å². The number of carbonyl (C=O) groups is 1. The lowest BCUT2D eigenvalue weighted by Crippen LogP contribution is -2.40. The van der Waals surface area contributed by atoms with Gasteiger partial charge in [0.25, 0.3) is 0 Å². The number of hydrogen-bond acceptors (Lipinski definition) is 7. The predicted octanol–water partition coefficient (Wildman–Crippen LogP) is 2.11. The van der Waals surface area contributed by atoms with E-state index in [1.807, 2.05) is 33.8 Å². The van der Waals surface area contributed by atoms with E-state index in [0.717, 1.165) is 74.4 Å². The van der Waals surface area contributed by atoms with Gasteiger partial charge < -0.3 is 15.4 Å². The van der Waals surface area contributed by atoms with Gasteiger partial charge in [-0.2, -0.15) is 5.10 Å². The zero-order chi connectivity index (χ0) is 24.2. The number of fused-ring (bicyclic) bond motifs is 1. The average molecular weight is 472 g/mol. The Bertz CT molecular complexity index is 1280. The van der Waals surface area contributed by atoms with Gasteiger partial charge in [0.05, 0.1) is 31.2 Å². The van der Waals surface area contributed by atoms with E-state index in [2.05, 4.69) is 33.3 Å². The molecule has 3 aromatic rings. The second kappa shape index (κ2) is 10.3. The van der Waals surface area contributed by atoms with Crippen molar-refractivity contribution < 1.29 is 9.53 Å². The van der Waals surface area contributed by atoms with Crippen LogP contribution < -0.4 is 5.73 Å². The molecule has 2 saturated heterocycles. The first-order valence-electron chi connectivity index (χ1n) is 11.9. The summed E-state index contributed by atoms with van der Waals surface area (Å²) in [6, 6.07) is 8.01. The lowest BCUT2D eigenvalue weighted by atomic mass is 10.1. The third kappa shape index (κ3) is 4.90. The molecule has 2 aliphatic rings. The molecule has 2 aliphatic heterocycles. The highest BCUT2D eigenvalue weighted by Crippen LogP contribution is 2.33. The topological polar surface area (TPSA) is 102 Å². The molecule has 0 bridgehead atoms. The zero-order valence-corrected chi connectivity index (χ0v) is 19.7. The highest BCUT2D eigenvalue weighted by molar-refractivity contribution is 5.98. The third-order valence-electron chi connectivity index (χ3n) is 6.54. The molecule has 35 heavy (non-hydrogen) atoms. The molecule has 0 saturated carbocycles. The summed E-state index contributed by atoms with van der Waals surface area (Å²) in [5.74, 6) is 6.83. The number of piperidine rings is 1. The summed E-state index contributed by atoms with van der Waals surface area (Å²) in [4.78, 5) is 25.0. The lowest BCUT2D eigenvalue weighted by molar-refractivity contribution is -0.127. The molecule has 0 radical (unpaired) electrons. The van der Waals surface area contributed by atoms with Crippen molar-refractivity contribution in [3.63, 3.8) is 0 Å². The van der Waals surface area contributed by atoms with Crippen molar-refractivity contribution in [3.8, 4) is 23.1 Å². The molecule has 0 unspecified atom stereocenters. The Labute approximate surface area is 204 Å². The number of carbonyl (C=O) groups excluding carboxylic acids is 1. The molecular formula is C26H29N7O2. The van der Waals surface area contributed by atoms with E-state index < -0.39 is 0 Å². The normalized spacial score (nSPS) is 18.7. The van der Waals surface area contributed by atoms with Crippen LogP contribution in [0.15, 0.2) is 43.2 Å². The number of nitrogen functional groups attached to an aromatic ring is 1. The summed E-state index contributed by atoms with van der Waals surface area (Å²) in [6.45, 7) is 9.03. The smallest absolute Gasteiger partial charge is 0.246 e. The number of likely N-dealkylation sites (tertiary alicyclic amines) is 1. The van der Waals surface area contributed by atoms with Crippen molar-refractivity contribution in [1.29, 1.82) is 0 Å². The summed E-state index contributed by atoms with van der Waals surface area (Å²) in [5, 5.41) is 5.66. The van der Waals surface area contributed by atoms with E-state index in [0.29, 0.717) is 18.0 Å². The maximum absolute atomic E-state index is 12.2. The van der Waals surface area contributed by atoms with Crippen LogP contribution in [0, 0.1) is 11.8 Å². The standard InChI is InChI=1S/C26H29N7O2/c1-2-22(34)32-12-4-6-21(17-32)33-26-23(25(27)28-18-29-26)24(30-33)20-9-7-19(8-10-20)5-3-11-31-13-15-35-16-14-31/h2,7-10,18,21H,1,4,6,11-17H2,(H2,27,28,29)/t21-/m1/s1.